The van der Waals surface area contributed by atoms with Gasteiger partial charge in [-0.1, -0.05) is 13.8 Å². The summed E-state index contributed by atoms with van der Waals surface area (Å²) in [5.74, 6) is -0.347. The number of hydrogen-bond donors (Lipinski definition) is 3. The Hall–Kier alpha value is -0.750. The lowest BCUT2D eigenvalue weighted by molar-refractivity contribution is -0.139. The molecule has 106 valence electrons. The van der Waals surface area contributed by atoms with Crippen molar-refractivity contribution in [3.05, 3.63) is 0 Å². The van der Waals surface area contributed by atoms with Crippen molar-refractivity contribution in [1.82, 2.24) is 5.32 Å². The SMILES string of the molecule is CC(C)CCNC(=O)CSC(C)(C)[C@@H](N)C(=O)O. The highest BCUT2D eigenvalue weighted by Gasteiger charge is 2.32. The van der Waals surface area contributed by atoms with Gasteiger partial charge in [-0.2, -0.15) is 0 Å². The summed E-state index contributed by atoms with van der Waals surface area (Å²) in [4.78, 5) is 22.3. The van der Waals surface area contributed by atoms with Gasteiger partial charge in [0.05, 0.1) is 5.75 Å². The predicted octanol–water partition coefficient (Wildman–Crippen LogP) is 1.07. The van der Waals surface area contributed by atoms with Crippen LogP contribution < -0.4 is 11.1 Å². The van der Waals surface area contributed by atoms with Gasteiger partial charge in [0.25, 0.3) is 0 Å². The van der Waals surface area contributed by atoms with E-state index in [4.69, 9.17) is 10.8 Å². The van der Waals surface area contributed by atoms with Crippen molar-refractivity contribution in [3.8, 4) is 0 Å². The highest BCUT2D eigenvalue weighted by molar-refractivity contribution is 8.01. The van der Waals surface area contributed by atoms with Crippen molar-refractivity contribution in [1.29, 1.82) is 0 Å². The summed E-state index contributed by atoms with van der Waals surface area (Å²) < 4.78 is -0.665. The fourth-order valence-corrected chi connectivity index (χ4v) is 2.08. The van der Waals surface area contributed by atoms with Crippen LogP contribution >= 0.6 is 11.8 Å². The third-order valence-electron chi connectivity index (χ3n) is 2.63. The highest BCUT2D eigenvalue weighted by atomic mass is 32.2. The summed E-state index contributed by atoms with van der Waals surface area (Å²) in [5.41, 5.74) is 5.57. The van der Waals surface area contributed by atoms with Gasteiger partial charge in [0.1, 0.15) is 6.04 Å². The summed E-state index contributed by atoms with van der Waals surface area (Å²) in [6, 6.07) is -0.981. The molecule has 0 heterocycles. The standard InChI is InChI=1S/C12H24N2O3S/c1-8(2)5-6-14-9(15)7-18-12(3,4)10(13)11(16)17/h8,10H,5-7,13H2,1-4H3,(H,14,15)(H,16,17)/t10-/m0/s1. The number of thioether (sulfide) groups is 1. The van der Waals surface area contributed by atoms with Crippen LogP contribution in [0.2, 0.25) is 0 Å². The van der Waals surface area contributed by atoms with Crippen LogP contribution in [0.25, 0.3) is 0 Å². The molecule has 0 unspecified atom stereocenters. The van der Waals surface area contributed by atoms with Crippen LogP contribution in [0, 0.1) is 5.92 Å². The molecule has 0 bridgehead atoms. The fourth-order valence-electron chi connectivity index (χ4n) is 1.19. The first-order valence-electron chi connectivity index (χ1n) is 6.06. The van der Waals surface area contributed by atoms with E-state index >= 15 is 0 Å². The summed E-state index contributed by atoms with van der Waals surface area (Å²) >= 11 is 1.26. The van der Waals surface area contributed by atoms with Crippen molar-refractivity contribution >= 4 is 23.6 Å². The third kappa shape index (κ3) is 6.86. The molecule has 5 nitrogen and oxygen atoms in total. The number of nitrogens with one attached hydrogen (secondary N) is 1. The second kappa shape index (κ2) is 7.63. The van der Waals surface area contributed by atoms with Gasteiger partial charge >= 0.3 is 5.97 Å². The zero-order valence-corrected chi connectivity index (χ0v) is 12.3. The Balaban J connectivity index is 4.00. The summed E-state index contributed by atoms with van der Waals surface area (Å²) in [6.07, 6.45) is 0.939. The second-order valence-electron chi connectivity index (χ2n) is 5.24. The van der Waals surface area contributed by atoms with Gasteiger partial charge in [0.15, 0.2) is 0 Å². The van der Waals surface area contributed by atoms with Gasteiger partial charge in [-0.05, 0) is 26.2 Å². The maximum atomic E-state index is 11.5. The highest BCUT2D eigenvalue weighted by Crippen LogP contribution is 2.27. The lowest BCUT2D eigenvalue weighted by Gasteiger charge is -2.27. The number of rotatable bonds is 8. The van der Waals surface area contributed by atoms with Gasteiger partial charge < -0.3 is 16.2 Å². The molecule has 18 heavy (non-hydrogen) atoms. The van der Waals surface area contributed by atoms with E-state index in [0.29, 0.717) is 12.5 Å². The first kappa shape index (κ1) is 17.2. The van der Waals surface area contributed by atoms with Crippen LogP contribution in [0.5, 0.6) is 0 Å². The Morgan fingerprint density at radius 2 is 1.94 bits per heavy atom. The molecule has 4 N–H and O–H groups in total. The largest absolute Gasteiger partial charge is 0.480 e. The first-order chi connectivity index (χ1) is 8.16. The predicted molar refractivity (Wildman–Crippen MR) is 74.6 cm³/mol. The zero-order valence-electron chi connectivity index (χ0n) is 11.5. The molecule has 0 saturated heterocycles. The molecule has 0 rings (SSSR count). The number of carboxylic acids is 1. The maximum Gasteiger partial charge on any atom is 0.321 e. The number of carbonyl (C=O) groups excluding carboxylic acids is 1. The van der Waals surface area contributed by atoms with Crippen molar-refractivity contribution in [2.75, 3.05) is 12.3 Å². The van der Waals surface area contributed by atoms with E-state index < -0.39 is 16.8 Å². The van der Waals surface area contributed by atoms with Crippen LogP contribution in [0.3, 0.4) is 0 Å². The molecule has 0 saturated carbocycles. The van der Waals surface area contributed by atoms with Gasteiger partial charge in [0.2, 0.25) is 5.91 Å². The molecule has 0 aromatic rings. The molecule has 0 aromatic heterocycles. The van der Waals surface area contributed by atoms with E-state index in [0.717, 1.165) is 6.42 Å². The fraction of sp³-hybridized carbons (Fsp3) is 0.833. The molecule has 0 aromatic carbocycles. The van der Waals surface area contributed by atoms with E-state index in [1.165, 1.54) is 11.8 Å². The smallest absolute Gasteiger partial charge is 0.321 e. The summed E-state index contributed by atoms with van der Waals surface area (Å²) in [7, 11) is 0. The van der Waals surface area contributed by atoms with Crippen LogP contribution in [0.1, 0.15) is 34.1 Å². The Morgan fingerprint density at radius 1 is 1.39 bits per heavy atom. The lowest BCUT2D eigenvalue weighted by Crippen LogP contribution is -2.47. The number of carboxylic acid groups (broad SMARTS) is 1. The minimum absolute atomic E-state index is 0.0775. The maximum absolute atomic E-state index is 11.5. The average Bonchev–Trinajstić information content (AvgIpc) is 2.24. The number of nitrogens with two attached hydrogens (primary N) is 1. The van der Waals surface area contributed by atoms with E-state index in [1.807, 2.05) is 0 Å². The quantitative estimate of drug-likeness (QED) is 0.617. The van der Waals surface area contributed by atoms with Crippen molar-refractivity contribution in [2.45, 2.75) is 44.9 Å². The number of aliphatic carboxylic acids is 1. The van der Waals surface area contributed by atoms with Crippen LogP contribution in [0.4, 0.5) is 0 Å². The second-order valence-corrected chi connectivity index (χ2v) is 6.87. The van der Waals surface area contributed by atoms with E-state index in [2.05, 4.69) is 19.2 Å². The van der Waals surface area contributed by atoms with Crippen molar-refractivity contribution < 1.29 is 14.7 Å². The zero-order chi connectivity index (χ0) is 14.3. The van der Waals surface area contributed by atoms with Crippen LogP contribution in [0.15, 0.2) is 0 Å². The molecule has 0 spiro atoms. The van der Waals surface area contributed by atoms with Gasteiger partial charge in [-0.15, -0.1) is 11.8 Å². The van der Waals surface area contributed by atoms with E-state index in [9.17, 15) is 9.59 Å². The first-order valence-corrected chi connectivity index (χ1v) is 7.04. The molecule has 0 radical (unpaired) electrons. The molecule has 0 aliphatic carbocycles. The third-order valence-corrected chi connectivity index (χ3v) is 4.04. The average molecular weight is 276 g/mol. The molecule has 0 aliphatic rings. The van der Waals surface area contributed by atoms with Crippen LogP contribution in [-0.4, -0.2) is 40.1 Å². The minimum Gasteiger partial charge on any atom is -0.480 e. The summed E-state index contributed by atoms with van der Waals surface area (Å²) in [6.45, 7) is 8.31. The summed E-state index contributed by atoms with van der Waals surface area (Å²) in [5, 5.41) is 11.7. The van der Waals surface area contributed by atoms with E-state index in [1.54, 1.807) is 13.8 Å². The van der Waals surface area contributed by atoms with Crippen molar-refractivity contribution in [3.63, 3.8) is 0 Å². The monoisotopic (exact) mass is 276 g/mol. The molecule has 1 amide bonds. The Morgan fingerprint density at radius 3 is 2.39 bits per heavy atom. The van der Waals surface area contributed by atoms with Gasteiger partial charge in [-0.3, -0.25) is 9.59 Å². The topological polar surface area (TPSA) is 92.4 Å². The number of hydrogen-bond acceptors (Lipinski definition) is 4. The molecule has 0 fully saturated rings. The Kier molecular flexibility index (Phi) is 7.32. The Labute approximate surface area is 113 Å². The number of amides is 1. The van der Waals surface area contributed by atoms with Gasteiger partial charge in [0, 0.05) is 11.3 Å². The molecular formula is C12H24N2O3S. The molecule has 1 atom stereocenters. The van der Waals surface area contributed by atoms with Crippen molar-refractivity contribution in [2.24, 2.45) is 11.7 Å². The van der Waals surface area contributed by atoms with Crippen LogP contribution in [-0.2, 0) is 9.59 Å². The van der Waals surface area contributed by atoms with E-state index in [-0.39, 0.29) is 11.7 Å². The van der Waals surface area contributed by atoms with Gasteiger partial charge in [-0.25, -0.2) is 0 Å². The number of carbonyl (C=O) groups is 2. The molecular weight excluding hydrogens is 252 g/mol. The minimum atomic E-state index is -1.05. The molecule has 0 aliphatic heterocycles. The normalized spacial score (nSPS) is 13.4. The lowest BCUT2D eigenvalue weighted by atomic mass is 10.1. The Bertz CT molecular complexity index is 293. The molecule has 6 heteroatoms.